The van der Waals surface area contributed by atoms with Gasteiger partial charge in [0.25, 0.3) is 5.91 Å². The van der Waals surface area contributed by atoms with Gasteiger partial charge >= 0.3 is 0 Å². The highest BCUT2D eigenvalue weighted by atomic mass is 17.3. The van der Waals surface area contributed by atoms with Crippen LogP contribution in [-0.4, -0.2) is 51.5 Å². The Balaban J connectivity index is 1.29. The fraction of sp³-hybridized carbons (Fsp3) is 0.850. The predicted molar refractivity (Wildman–Crippen MR) is 104 cm³/mol. The first-order valence-corrected chi connectivity index (χ1v) is 11.1. The molecule has 0 aromatic carbocycles. The third-order valence-corrected chi connectivity index (χ3v) is 7.60. The Hall–Kier alpha value is -1.63. The largest absolute Gasteiger partial charge is 0.350 e. The van der Waals surface area contributed by atoms with Crippen LogP contribution in [0.3, 0.4) is 0 Å². The topological polar surface area (TPSA) is 132 Å². The second-order valence-electron chi connectivity index (χ2n) is 9.48. The number of carbonyl (C=O) groups is 1. The van der Waals surface area contributed by atoms with Crippen molar-refractivity contribution in [3.8, 4) is 0 Å². The first-order chi connectivity index (χ1) is 14.9. The number of hydrazine groups is 1. The summed E-state index contributed by atoms with van der Waals surface area (Å²) in [5.41, 5.74) is 1.60. The molecule has 5 fully saturated rings. The smallest absolute Gasteiger partial charge is 0.287 e. The maximum Gasteiger partial charge on any atom is 0.287 e. The molecule has 0 radical (unpaired) electrons. The molecule has 4 saturated heterocycles. The lowest BCUT2D eigenvalue weighted by atomic mass is 9.58. The van der Waals surface area contributed by atoms with Crippen molar-refractivity contribution in [3.63, 3.8) is 0 Å². The lowest BCUT2D eigenvalue weighted by molar-refractivity contribution is -0.577. The van der Waals surface area contributed by atoms with E-state index in [1.165, 1.54) is 6.20 Å². The minimum atomic E-state index is -0.802. The van der Waals surface area contributed by atoms with Gasteiger partial charge in [0.2, 0.25) is 5.79 Å². The maximum absolute atomic E-state index is 11.5. The third kappa shape index (κ3) is 3.38. The van der Waals surface area contributed by atoms with Crippen molar-refractivity contribution in [1.82, 2.24) is 20.4 Å². The summed E-state index contributed by atoms with van der Waals surface area (Å²) in [5, 5.41) is 7.73. The second kappa shape index (κ2) is 7.75. The third-order valence-electron chi connectivity index (χ3n) is 7.60. The molecule has 8 atom stereocenters. The van der Waals surface area contributed by atoms with E-state index in [0.29, 0.717) is 25.0 Å². The van der Waals surface area contributed by atoms with Crippen molar-refractivity contribution in [3.05, 3.63) is 11.9 Å². The number of nitrogens with one attached hydrogen (secondary N) is 1. The fourth-order valence-corrected chi connectivity index (χ4v) is 5.91. The second-order valence-corrected chi connectivity index (χ2v) is 9.48. The lowest BCUT2D eigenvalue weighted by Crippen LogP contribution is -2.70. The summed E-state index contributed by atoms with van der Waals surface area (Å²) in [6, 6.07) is 0. The van der Waals surface area contributed by atoms with Gasteiger partial charge in [-0.2, -0.15) is 0 Å². The Morgan fingerprint density at radius 2 is 2.16 bits per heavy atom. The van der Waals surface area contributed by atoms with Gasteiger partial charge in [-0.3, -0.25) is 10.2 Å². The number of nitrogens with two attached hydrogens (primary N) is 1. The normalized spacial score (nSPS) is 43.9. The van der Waals surface area contributed by atoms with Crippen LogP contribution < -0.4 is 11.3 Å². The van der Waals surface area contributed by atoms with Gasteiger partial charge in [0.05, 0.1) is 19.3 Å². The zero-order chi connectivity index (χ0) is 21.8. The van der Waals surface area contributed by atoms with Crippen molar-refractivity contribution in [2.24, 2.45) is 29.5 Å². The average molecular weight is 437 g/mol. The van der Waals surface area contributed by atoms with Gasteiger partial charge in [-0.25, -0.2) is 20.3 Å². The predicted octanol–water partition coefficient (Wildman–Crippen LogP) is 1.11. The summed E-state index contributed by atoms with van der Waals surface area (Å²) in [5.74, 6) is 5.00. The number of carbonyl (C=O) groups excluding carboxylic acids is 1. The summed E-state index contributed by atoms with van der Waals surface area (Å²) in [4.78, 5) is 23.5. The number of hydrogen-bond acceptors (Lipinski definition) is 9. The molecule has 5 aliphatic rings. The van der Waals surface area contributed by atoms with Crippen LogP contribution in [-0.2, 0) is 30.5 Å². The van der Waals surface area contributed by atoms with Gasteiger partial charge in [-0.05, 0) is 38.0 Å². The number of fused-ring (bicyclic) bond motifs is 2. The molecule has 1 saturated carbocycles. The molecule has 11 heteroatoms. The van der Waals surface area contributed by atoms with Gasteiger partial charge in [0.1, 0.15) is 0 Å². The quantitative estimate of drug-likeness (QED) is 0.301. The zero-order valence-electron chi connectivity index (χ0n) is 18.2. The number of nitrogens with zero attached hydrogens (tertiary/aromatic N) is 3. The molecule has 1 spiro atoms. The Morgan fingerprint density at radius 3 is 2.97 bits per heavy atom. The van der Waals surface area contributed by atoms with E-state index in [4.69, 9.17) is 29.8 Å². The van der Waals surface area contributed by atoms with Crippen molar-refractivity contribution in [1.29, 1.82) is 0 Å². The van der Waals surface area contributed by atoms with Crippen molar-refractivity contribution >= 4 is 5.91 Å². The van der Waals surface area contributed by atoms with Gasteiger partial charge < -0.3 is 14.2 Å². The average Bonchev–Trinajstić information content (AvgIpc) is 3.11. The molecule has 2 bridgehead atoms. The molecule has 6 rings (SSSR count). The van der Waals surface area contributed by atoms with Crippen LogP contribution >= 0.6 is 0 Å². The van der Waals surface area contributed by atoms with Crippen LogP contribution in [0.5, 0.6) is 0 Å². The maximum atomic E-state index is 11.5. The van der Waals surface area contributed by atoms with Crippen LogP contribution in [0.15, 0.2) is 6.20 Å². The molecule has 1 amide bonds. The summed E-state index contributed by atoms with van der Waals surface area (Å²) in [6.45, 7) is 7.13. The number of ether oxygens (including phenoxy) is 3. The van der Waals surface area contributed by atoms with E-state index in [2.05, 4.69) is 24.2 Å². The number of amides is 1. The molecule has 31 heavy (non-hydrogen) atoms. The Kier molecular flexibility index (Phi) is 5.31. The Bertz CT molecular complexity index is 837. The summed E-state index contributed by atoms with van der Waals surface area (Å²) in [6.07, 6.45) is 4.50. The first kappa shape index (κ1) is 21.2. The van der Waals surface area contributed by atoms with Crippen molar-refractivity contribution in [2.45, 2.75) is 77.0 Å². The van der Waals surface area contributed by atoms with Crippen LogP contribution in [0.1, 0.15) is 56.9 Å². The van der Waals surface area contributed by atoms with Crippen LogP contribution in [0.25, 0.3) is 0 Å². The van der Waals surface area contributed by atoms with E-state index in [-0.39, 0.29) is 17.5 Å². The van der Waals surface area contributed by atoms with E-state index in [1.807, 2.05) is 12.3 Å². The molecule has 4 aliphatic heterocycles. The standard InChI is InChI=1S/C20H31N5O6/c1-11-4-5-14-12(2)17(27-9-8-25-10-15(23-24-25)16(26)22-21)28-18-20(14)13(11)6-7-19(3,29-18)30-31-20/h10-14,17-18H,4-9,21H2,1-3H3,(H,22,26)/t11-,12-,13?,14?,17?,18?,19+,20?/m1/s1. The van der Waals surface area contributed by atoms with Gasteiger partial charge in [-0.1, -0.05) is 19.1 Å². The number of aromatic nitrogens is 3. The molecule has 172 valence electrons. The highest BCUT2D eigenvalue weighted by Gasteiger charge is 2.69. The number of rotatable bonds is 5. The summed E-state index contributed by atoms with van der Waals surface area (Å²) < 4.78 is 20.4. The first-order valence-electron chi connectivity index (χ1n) is 11.1. The van der Waals surface area contributed by atoms with Gasteiger partial charge in [-0.15, -0.1) is 5.10 Å². The van der Waals surface area contributed by atoms with Crippen LogP contribution in [0.4, 0.5) is 0 Å². The molecule has 1 aromatic heterocycles. The summed E-state index contributed by atoms with van der Waals surface area (Å²) >= 11 is 0. The minimum absolute atomic E-state index is 0.107. The van der Waals surface area contributed by atoms with Gasteiger partial charge in [0, 0.05) is 18.3 Å². The Morgan fingerprint density at radius 1 is 1.32 bits per heavy atom. The van der Waals surface area contributed by atoms with Crippen molar-refractivity contribution in [2.75, 3.05) is 6.61 Å². The molecular weight excluding hydrogens is 406 g/mol. The molecular formula is C20H31N5O6. The monoisotopic (exact) mass is 437 g/mol. The molecule has 5 heterocycles. The van der Waals surface area contributed by atoms with E-state index < -0.39 is 29.9 Å². The van der Waals surface area contributed by atoms with E-state index in [0.717, 1.165) is 25.7 Å². The lowest BCUT2D eigenvalue weighted by Gasteiger charge is -2.60. The molecule has 1 aliphatic carbocycles. The SMILES string of the molecule is C[C@H]1C(OCCn2cc(C(=O)NN)nn2)OC2O[C@]3(C)CCC4[C@H](C)CCC1C24OO3. The number of nitrogen functional groups attached to an aromatic ring is 1. The van der Waals surface area contributed by atoms with Gasteiger partial charge in [0.15, 0.2) is 23.9 Å². The molecule has 11 nitrogen and oxygen atoms in total. The number of hydrogen-bond donors (Lipinski definition) is 2. The highest BCUT2D eigenvalue weighted by Crippen LogP contribution is 2.60. The zero-order valence-corrected chi connectivity index (χ0v) is 18.2. The molecule has 5 unspecified atom stereocenters. The van der Waals surface area contributed by atoms with E-state index >= 15 is 0 Å². The van der Waals surface area contributed by atoms with Crippen molar-refractivity contribution < 1.29 is 28.8 Å². The summed E-state index contributed by atoms with van der Waals surface area (Å²) in [7, 11) is 0. The molecule has 3 N–H and O–H groups in total. The van der Waals surface area contributed by atoms with E-state index in [9.17, 15) is 4.79 Å². The highest BCUT2D eigenvalue weighted by molar-refractivity contribution is 5.91. The van der Waals surface area contributed by atoms with E-state index in [1.54, 1.807) is 4.68 Å². The minimum Gasteiger partial charge on any atom is -0.350 e. The van der Waals surface area contributed by atoms with Crippen LogP contribution in [0.2, 0.25) is 0 Å². The van der Waals surface area contributed by atoms with Crippen LogP contribution in [0, 0.1) is 23.7 Å². The Labute approximate surface area is 180 Å². The fourth-order valence-electron chi connectivity index (χ4n) is 5.91. The molecule has 1 aromatic rings.